The Bertz CT molecular complexity index is 2330. The largest absolute Gasteiger partial charge is 0.481 e. The van der Waals surface area contributed by atoms with E-state index in [2.05, 4.69) is 5.32 Å². The van der Waals surface area contributed by atoms with Crippen molar-refractivity contribution in [3.8, 4) is 39.4 Å². The molecule has 0 radical (unpaired) electrons. The second kappa shape index (κ2) is 16.6. The maximum Gasteiger partial charge on any atom is 0.410 e. The van der Waals surface area contributed by atoms with Crippen LogP contribution in [0, 0.1) is 0 Å². The molecule has 2 atom stereocenters. The summed E-state index contributed by atoms with van der Waals surface area (Å²) < 4.78 is 14.5. The van der Waals surface area contributed by atoms with Gasteiger partial charge in [0.1, 0.15) is 16.9 Å². The number of hydrogen-bond acceptors (Lipinski definition) is 9. The topological polar surface area (TPSA) is 144 Å². The van der Waals surface area contributed by atoms with Crippen molar-refractivity contribution in [3.05, 3.63) is 92.6 Å². The molecule has 15 heteroatoms. The van der Waals surface area contributed by atoms with Crippen LogP contribution in [-0.2, 0) is 29.7 Å². The summed E-state index contributed by atoms with van der Waals surface area (Å²) >= 11 is 14.3. The number of ether oxygens (including phenoxy) is 2. The van der Waals surface area contributed by atoms with Gasteiger partial charge in [0, 0.05) is 72.2 Å². The number of pyridine rings is 1. The van der Waals surface area contributed by atoms with E-state index in [0.717, 1.165) is 0 Å². The van der Waals surface area contributed by atoms with Crippen molar-refractivity contribution < 1.29 is 24.2 Å². The summed E-state index contributed by atoms with van der Waals surface area (Å²) in [4.78, 5) is 46.9. The van der Waals surface area contributed by atoms with Crippen molar-refractivity contribution in [2.75, 3.05) is 27.2 Å². The zero-order valence-electron chi connectivity index (χ0n) is 32.6. The Labute approximate surface area is 335 Å². The first-order chi connectivity index (χ1) is 26.5. The highest BCUT2D eigenvalue weighted by Crippen LogP contribution is 2.42. The van der Waals surface area contributed by atoms with Crippen LogP contribution in [0.4, 0.5) is 4.79 Å². The summed E-state index contributed by atoms with van der Waals surface area (Å²) in [7, 11) is 5.06. The fourth-order valence-corrected chi connectivity index (χ4v) is 7.51. The van der Waals surface area contributed by atoms with Gasteiger partial charge in [-0.3, -0.25) is 19.1 Å². The lowest BCUT2D eigenvalue weighted by Crippen LogP contribution is -2.43. The monoisotopic (exact) mass is 803 g/mol. The summed E-state index contributed by atoms with van der Waals surface area (Å²) in [5, 5.41) is 18.3. The molecule has 2 aromatic carbocycles. The number of rotatable bonds is 12. The van der Waals surface area contributed by atoms with E-state index in [-0.39, 0.29) is 30.6 Å². The van der Waals surface area contributed by atoms with E-state index in [9.17, 15) is 19.5 Å². The molecule has 0 bridgehead atoms. The molecule has 2 amide bonds. The number of fused-ring (bicyclic) bond motifs is 1. The number of amides is 2. The Morgan fingerprint density at radius 2 is 1.70 bits per heavy atom. The van der Waals surface area contributed by atoms with Crippen molar-refractivity contribution in [2.24, 2.45) is 7.05 Å². The van der Waals surface area contributed by atoms with E-state index < -0.39 is 17.8 Å². The minimum atomic E-state index is -0.710. The van der Waals surface area contributed by atoms with Crippen molar-refractivity contribution >= 4 is 40.7 Å². The van der Waals surface area contributed by atoms with Gasteiger partial charge in [0.25, 0.3) is 5.56 Å². The van der Waals surface area contributed by atoms with Crippen LogP contribution in [-0.4, -0.2) is 91.1 Å². The van der Waals surface area contributed by atoms with E-state index in [4.69, 9.17) is 42.8 Å². The van der Waals surface area contributed by atoms with Crippen LogP contribution in [0.25, 0.3) is 39.0 Å². The highest BCUT2D eigenvalue weighted by Gasteiger charge is 2.29. The molecule has 0 saturated carbocycles. The molecular weight excluding hydrogens is 757 g/mol. The molecule has 1 aliphatic rings. The molecule has 0 unspecified atom stereocenters. The molecule has 0 aliphatic carbocycles. The molecule has 1 saturated heterocycles. The molecule has 0 spiro atoms. The number of nitrogens with zero attached hydrogens (tertiary/aromatic N) is 6. The van der Waals surface area contributed by atoms with E-state index in [0.29, 0.717) is 92.3 Å². The fraction of sp³-hybridized carbons (Fsp3) is 0.390. The molecule has 3 aromatic heterocycles. The molecule has 13 nitrogen and oxygen atoms in total. The van der Waals surface area contributed by atoms with E-state index >= 15 is 0 Å². The average Bonchev–Trinajstić information content (AvgIpc) is 3.75. The third-order valence-corrected chi connectivity index (χ3v) is 10.3. The SMILES string of the molecule is COc1nc(-c2cccc(-c3cccc(-c4cc5c(=O)n(C)c(CN(C)C[C@H](C)O)nn5c4)c3Cl)c2Cl)ccc1CN(C[C@@H]1CCC(=O)N1)C(=O)OC(C)(C)C. The van der Waals surface area contributed by atoms with Crippen LogP contribution in [0.15, 0.2) is 65.6 Å². The predicted molar refractivity (Wildman–Crippen MR) is 217 cm³/mol. The number of methoxy groups -OCH3 is 1. The van der Waals surface area contributed by atoms with Crippen molar-refractivity contribution in [1.82, 2.24) is 34.3 Å². The predicted octanol–water partition coefficient (Wildman–Crippen LogP) is 6.57. The van der Waals surface area contributed by atoms with Gasteiger partial charge in [-0.05, 0) is 59.4 Å². The Hall–Kier alpha value is -4.95. The van der Waals surface area contributed by atoms with Crippen LogP contribution in [0.5, 0.6) is 5.88 Å². The first kappa shape index (κ1) is 40.7. The van der Waals surface area contributed by atoms with E-state index in [1.54, 1.807) is 56.4 Å². The standard InChI is InChI=1S/C41H47Cl2N7O6/c1-24(51)19-47(5)23-34-46-50-21-26(18-33(50)39(53)48(34)6)28-10-8-11-29(36(28)42)30-12-9-13-31(37(30)43)32-16-14-25(38(45-32)55-7)20-49(40(54)56-41(2,3)4)22-27-15-17-35(52)44-27/h8-14,16,18,21,24,27,51H,15,17,19-20,22-23H2,1-7H3,(H,44,52)/t24-,27-/m0/s1. The molecule has 2 N–H and O–H groups in total. The first-order valence-corrected chi connectivity index (χ1v) is 19.1. The third kappa shape index (κ3) is 9.02. The summed E-state index contributed by atoms with van der Waals surface area (Å²) in [6.07, 6.45) is 1.79. The zero-order chi connectivity index (χ0) is 40.5. The number of carbonyl (C=O) groups excluding carboxylic acids is 2. The van der Waals surface area contributed by atoms with Gasteiger partial charge in [-0.2, -0.15) is 5.10 Å². The average molecular weight is 805 g/mol. The van der Waals surface area contributed by atoms with Crippen molar-refractivity contribution in [1.29, 1.82) is 0 Å². The van der Waals surface area contributed by atoms with Gasteiger partial charge in [-0.15, -0.1) is 0 Å². The van der Waals surface area contributed by atoms with Crippen LogP contribution in [0.1, 0.15) is 51.9 Å². The highest BCUT2D eigenvalue weighted by atomic mass is 35.5. The lowest BCUT2D eigenvalue weighted by molar-refractivity contribution is -0.119. The second-order valence-corrected chi connectivity index (χ2v) is 16.0. The van der Waals surface area contributed by atoms with Gasteiger partial charge in [-0.25, -0.2) is 14.3 Å². The summed E-state index contributed by atoms with van der Waals surface area (Å²) in [6.45, 7) is 8.36. The fourth-order valence-electron chi connectivity index (χ4n) is 6.85. The maximum atomic E-state index is 13.4. The molecule has 1 fully saturated rings. The lowest BCUT2D eigenvalue weighted by Gasteiger charge is -2.29. The number of aliphatic hydroxyl groups is 1. The van der Waals surface area contributed by atoms with Gasteiger partial charge < -0.3 is 24.8 Å². The third-order valence-electron chi connectivity index (χ3n) is 9.47. The second-order valence-electron chi connectivity index (χ2n) is 15.2. The van der Waals surface area contributed by atoms with Crippen LogP contribution in [0.2, 0.25) is 10.0 Å². The molecular formula is C41H47Cl2N7O6. The van der Waals surface area contributed by atoms with Crippen LogP contribution < -0.4 is 15.6 Å². The first-order valence-electron chi connectivity index (χ1n) is 18.4. The molecule has 1 aliphatic heterocycles. The van der Waals surface area contributed by atoms with E-state index in [1.165, 1.54) is 11.7 Å². The molecule has 4 heterocycles. The molecule has 6 rings (SSSR count). The van der Waals surface area contributed by atoms with Crippen molar-refractivity contribution in [3.63, 3.8) is 0 Å². The Balaban J connectivity index is 1.30. The molecule has 296 valence electrons. The Kier molecular flexibility index (Phi) is 12.1. The van der Waals surface area contributed by atoms with Crippen LogP contribution in [0.3, 0.4) is 0 Å². The van der Waals surface area contributed by atoms with Gasteiger partial charge in [0.15, 0.2) is 0 Å². The van der Waals surface area contributed by atoms with Gasteiger partial charge in [0.2, 0.25) is 11.8 Å². The van der Waals surface area contributed by atoms with E-state index in [1.807, 2.05) is 60.5 Å². The molecule has 5 aromatic rings. The summed E-state index contributed by atoms with van der Waals surface area (Å²) in [5.74, 6) is 0.821. The number of carbonyl (C=O) groups is 2. The number of hydrogen-bond donors (Lipinski definition) is 2. The number of likely N-dealkylation sites (N-methyl/N-ethyl adjacent to an activating group) is 1. The minimum absolute atomic E-state index is 0.0406. The highest BCUT2D eigenvalue weighted by molar-refractivity contribution is 6.39. The number of aromatic nitrogens is 4. The van der Waals surface area contributed by atoms with Crippen molar-refractivity contribution in [2.45, 2.75) is 71.4 Å². The molecule has 56 heavy (non-hydrogen) atoms. The lowest BCUT2D eigenvalue weighted by atomic mass is 9.97. The van der Waals surface area contributed by atoms with Gasteiger partial charge >= 0.3 is 6.09 Å². The Morgan fingerprint density at radius 1 is 1.04 bits per heavy atom. The quantitative estimate of drug-likeness (QED) is 0.143. The number of benzene rings is 2. The zero-order valence-corrected chi connectivity index (χ0v) is 34.1. The summed E-state index contributed by atoms with van der Waals surface area (Å²) in [6, 6.07) is 16.5. The van der Waals surface area contributed by atoms with Crippen LogP contribution >= 0.6 is 23.2 Å². The number of aliphatic hydroxyl groups excluding tert-OH is 1. The smallest absolute Gasteiger partial charge is 0.410 e. The van der Waals surface area contributed by atoms with Gasteiger partial charge in [-0.1, -0.05) is 59.6 Å². The number of halogens is 2. The maximum absolute atomic E-state index is 13.4. The normalized spacial score (nSPS) is 15.0. The minimum Gasteiger partial charge on any atom is -0.481 e. The Morgan fingerprint density at radius 3 is 2.32 bits per heavy atom. The summed E-state index contributed by atoms with van der Waals surface area (Å²) in [5.41, 5.74) is 4.09. The number of nitrogens with one attached hydrogen (secondary N) is 1. The van der Waals surface area contributed by atoms with Gasteiger partial charge in [0.05, 0.1) is 42.0 Å².